The summed E-state index contributed by atoms with van der Waals surface area (Å²) in [6.07, 6.45) is 4.35. The van der Waals surface area contributed by atoms with E-state index in [0.29, 0.717) is 30.2 Å². The molecular weight excluding hydrogens is 385 g/mol. The molecule has 1 aromatic heterocycles. The second kappa shape index (κ2) is 5.60. The van der Waals surface area contributed by atoms with Crippen molar-refractivity contribution in [3.05, 3.63) is 36.4 Å². The van der Waals surface area contributed by atoms with E-state index in [9.17, 15) is 13.7 Å². The fourth-order valence-electron chi connectivity index (χ4n) is 5.10. The number of aromatic nitrogens is 3. The van der Waals surface area contributed by atoms with Crippen molar-refractivity contribution in [3.8, 4) is 0 Å². The third-order valence-corrected chi connectivity index (χ3v) is 8.81. The first-order valence-electron chi connectivity index (χ1n) is 9.36. The molecule has 0 N–H and O–H groups in total. The van der Waals surface area contributed by atoms with Crippen molar-refractivity contribution >= 4 is 28.6 Å². The smallest absolute Gasteiger partial charge is 0.414 e. The molecule has 1 aromatic carbocycles. The number of cyclic esters (lactones) is 1. The lowest BCUT2D eigenvalue weighted by Crippen LogP contribution is -2.92. The Kier molecular flexibility index (Phi) is 3.32. The molecule has 5 atom stereocenters. The van der Waals surface area contributed by atoms with Crippen LogP contribution in [0.4, 0.5) is 20.6 Å². The minimum atomic E-state index is -0.764. The van der Waals surface area contributed by atoms with E-state index < -0.39 is 17.3 Å². The Morgan fingerprint density at radius 3 is 2.93 bits per heavy atom. The Hall–Kier alpha value is -2.33. The first-order valence-corrected chi connectivity index (χ1v) is 10.7. The average Bonchev–Trinajstić information content (AvgIpc) is 3.27. The lowest BCUT2D eigenvalue weighted by molar-refractivity contribution is 0.104. The third-order valence-electron chi connectivity index (χ3n) is 6.60. The summed E-state index contributed by atoms with van der Waals surface area (Å²) in [6, 6.07) is 5.26. The van der Waals surface area contributed by atoms with Crippen LogP contribution >= 0.6 is 0 Å². The second-order valence-electron chi connectivity index (χ2n) is 7.82. The van der Waals surface area contributed by atoms with E-state index in [1.807, 2.05) is 0 Å². The number of piperidine rings is 1. The van der Waals surface area contributed by atoms with E-state index in [0.717, 1.165) is 12.8 Å². The molecular formula is C18H18FN5O3S. The van der Waals surface area contributed by atoms with Crippen LogP contribution in [0, 0.1) is 5.82 Å². The number of rotatable bonds is 4. The molecule has 0 radical (unpaired) electrons. The van der Waals surface area contributed by atoms with E-state index in [1.165, 1.54) is 11.0 Å². The monoisotopic (exact) mass is 403 g/mol. The molecule has 10 heteroatoms. The van der Waals surface area contributed by atoms with Crippen LogP contribution in [0.15, 0.2) is 30.6 Å². The van der Waals surface area contributed by atoms with Crippen LogP contribution in [0.2, 0.25) is 0 Å². The molecule has 1 aliphatic carbocycles. The molecule has 1 amide bonds. The van der Waals surface area contributed by atoms with Crippen molar-refractivity contribution in [1.82, 2.24) is 15.0 Å². The molecule has 8 nitrogen and oxygen atoms in total. The van der Waals surface area contributed by atoms with Gasteiger partial charge in [-0.05, 0) is 35.8 Å². The van der Waals surface area contributed by atoms with E-state index in [4.69, 9.17) is 4.74 Å². The molecule has 6 rings (SSSR count). The van der Waals surface area contributed by atoms with Crippen LogP contribution < -0.4 is 9.80 Å². The van der Waals surface area contributed by atoms with Crippen molar-refractivity contribution in [1.29, 1.82) is 0 Å². The first kappa shape index (κ1) is 16.6. The van der Waals surface area contributed by atoms with Gasteiger partial charge in [0.15, 0.2) is 4.75 Å². The summed E-state index contributed by atoms with van der Waals surface area (Å²) in [6.45, 7) is 0.730. The second-order valence-corrected chi connectivity index (χ2v) is 9.61. The normalized spacial score (nSPS) is 35.4. The number of hydrogen-bond donors (Lipinski definition) is 0. The number of hydrogen-bond acceptors (Lipinski definition) is 6. The van der Waals surface area contributed by atoms with Crippen molar-refractivity contribution in [2.75, 3.05) is 22.1 Å². The molecule has 4 heterocycles. The predicted octanol–water partition coefficient (Wildman–Crippen LogP) is 1.29. The van der Waals surface area contributed by atoms with Gasteiger partial charge in [-0.3, -0.25) is 4.90 Å². The highest BCUT2D eigenvalue weighted by molar-refractivity contribution is 7.94. The Bertz CT molecular complexity index is 951. The Labute approximate surface area is 163 Å². The largest absolute Gasteiger partial charge is 0.616 e. The number of benzene rings is 1. The van der Waals surface area contributed by atoms with Gasteiger partial charge in [0, 0.05) is 12.6 Å². The zero-order chi connectivity index (χ0) is 19.0. The van der Waals surface area contributed by atoms with E-state index in [1.54, 1.807) is 29.2 Å². The lowest BCUT2D eigenvalue weighted by Gasteiger charge is -2.74. The SMILES string of the molecule is O=C1O[C@@H](Cn2ccnn2)CN1c1ccc(N2C3CCC34C2C[S+]4[O-])c(F)c1. The predicted molar refractivity (Wildman–Crippen MR) is 99.1 cm³/mol. The molecule has 4 aliphatic rings. The molecule has 4 unspecified atom stereocenters. The van der Waals surface area contributed by atoms with Crippen molar-refractivity contribution in [2.24, 2.45) is 0 Å². The highest BCUT2D eigenvalue weighted by Gasteiger charge is 2.81. The fourth-order valence-corrected chi connectivity index (χ4v) is 7.24. The molecule has 146 valence electrons. The minimum Gasteiger partial charge on any atom is -0.616 e. The zero-order valence-corrected chi connectivity index (χ0v) is 15.7. The number of carbonyl (C=O) groups is 1. The molecule has 0 bridgehead atoms. The Morgan fingerprint density at radius 1 is 1.39 bits per heavy atom. The van der Waals surface area contributed by atoms with Crippen LogP contribution in [0.3, 0.4) is 0 Å². The molecule has 1 spiro atoms. The van der Waals surface area contributed by atoms with Gasteiger partial charge < -0.3 is 14.2 Å². The summed E-state index contributed by atoms with van der Waals surface area (Å²) >= 11 is -0.764. The molecule has 3 aliphatic heterocycles. The number of halogens is 1. The maximum atomic E-state index is 14.9. The van der Waals surface area contributed by atoms with Crippen molar-refractivity contribution < 1.29 is 18.5 Å². The molecule has 4 fully saturated rings. The maximum absolute atomic E-state index is 14.9. The number of carbonyl (C=O) groups excluding carboxylic acids is 1. The topological polar surface area (TPSA) is 86.6 Å². The standard InChI is InChI=1S/C18H18FN5O3S/c19-13-7-11(23-9-12(27-17(23)25)8-22-6-5-20-21-22)1-2-14(13)24-15-3-4-18(15)16(24)10-28(18)26/h1-2,5-7,12,15-16H,3-4,8-10H2/t12-,15?,16?,18?,28?/m0/s1. The van der Waals surface area contributed by atoms with Gasteiger partial charge in [0.05, 0.1) is 36.7 Å². The third kappa shape index (κ3) is 2.02. The van der Waals surface area contributed by atoms with Crippen LogP contribution in [0.25, 0.3) is 0 Å². The van der Waals surface area contributed by atoms with Crippen LogP contribution in [0.5, 0.6) is 0 Å². The van der Waals surface area contributed by atoms with Crippen LogP contribution in [-0.4, -0.2) is 60.9 Å². The summed E-state index contributed by atoms with van der Waals surface area (Å²) in [4.78, 5) is 15.8. The lowest BCUT2D eigenvalue weighted by atomic mass is 9.63. The van der Waals surface area contributed by atoms with Gasteiger partial charge in [-0.15, -0.1) is 5.10 Å². The molecule has 2 aromatic rings. The highest BCUT2D eigenvalue weighted by Crippen LogP contribution is 2.63. The van der Waals surface area contributed by atoms with Gasteiger partial charge in [0.1, 0.15) is 23.7 Å². The van der Waals surface area contributed by atoms with Gasteiger partial charge in [-0.1, -0.05) is 5.21 Å². The number of ether oxygens (including phenoxy) is 1. The summed E-state index contributed by atoms with van der Waals surface area (Å²) in [7, 11) is 0. The zero-order valence-electron chi connectivity index (χ0n) is 14.9. The number of anilines is 2. The Morgan fingerprint density at radius 2 is 2.29 bits per heavy atom. The van der Waals surface area contributed by atoms with Crippen LogP contribution in [0.1, 0.15) is 12.8 Å². The first-order chi connectivity index (χ1) is 13.6. The summed E-state index contributed by atoms with van der Waals surface area (Å²) < 4.78 is 33.9. The highest BCUT2D eigenvalue weighted by atomic mass is 32.2. The van der Waals surface area contributed by atoms with E-state index in [2.05, 4.69) is 15.2 Å². The number of amides is 1. The van der Waals surface area contributed by atoms with Gasteiger partial charge >= 0.3 is 6.09 Å². The maximum Gasteiger partial charge on any atom is 0.414 e. The van der Waals surface area contributed by atoms with E-state index >= 15 is 0 Å². The summed E-state index contributed by atoms with van der Waals surface area (Å²) in [5.41, 5.74) is 1.02. The molecule has 1 saturated carbocycles. The fraction of sp³-hybridized carbons (Fsp3) is 0.500. The Balaban J connectivity index is 1.20. The summed E-state index contributed by atoms with van der Waals surface area (Å²) in [5, 5.41) is 7.61. The van der Waals surface area contributed by atoms with Gasteiger partial charge in [0.2, 0.25) is 0 Å². The van der Waals surface area contributed by atoms with Gasteiger partial charge in [-0.2, -0.15) is 0 Å². The quantitative estimate of drug-likeness (QED) is 0.715. The van der Waals surface area contributed by atoms with Gasteiger partial charge in [0.25, 0.3) is 0 Å². The molecule has 3 saturated heterocycles. The minimum absolute atomic E-state index is 0.0710. The summed E-state index contributed by atoms with van der Waals surface area (Å²) in [5.74, 6) is 0.267. The van der Waals surface area contributed by atoms with Crippen molar-refractivity contribution in [2.45, 2.75) is 42.3 Å². The number of nitrogens with zero attached hydrogens (tertiary/aromatic N) is 5. The average molecular weight is 403 g/mol. The van der Waals surface area contributed by atoms with Crippen molar-refractivity contribution in [3.63, 3.8) is 0 Å². The van der Waals surface area contributed by atoms with Crippen LogP contribution in [-0.2, 0) is 22.5 Å². The molecule has 28 heavy (non-hydrogen) atoms. The van der Waals surface area contributed by atoms with Gasteiger partial charge in [-0.25, -0.2) is 13.9 Å². The van der Waals surface area contributed by atoms with E-state index in [-0.39, 0.29) is 28.8 Å².